The molecule has 0 fully saturated rings. The van der Waals surface area contributed by atoms with E-state index in [1.807, 2.05) is 18.2 Å². The number of hydrogen-bond donors (Lipinski definition) is 0. The number of sulfonamides is 1. The van der Waals surface area contributed by atoms with Gasteiger partial charge in [-0.25, -0.2) is 8.42 Å². The van der Waals surface area contributed by atoms with E-state index in [-0.39, 0.29) is 4.90 Å². The van der Waals surface area contributed by atoms with Crippen molar-refractivity contribution in [2.24, 2.45) is 0 Å². The van der Waals surface area contributed by atoms with E-state index in [0.29, 0.717) is 22.0 Å². The van der Waals surface area contributed by atoms with E-state index in [0.717, 1.165) is 14.6 Å². The number of amides is 1. The fraction of sp³-hybridized carbons (Fsp3) is 0.200. The zero-order valence-corrected chi connectivity index (χ0v) is 18.3. The number of ether oxygens (including phenoxy) is 1. The van der Waals surface area contributed by atoms with Gasteiger partial charge in [0.25, 0.3) is 15.9 Å². The monoisotopic (exact) mass is 464 g/mol. The van der Waals surface area contributed by atoms with Crippen molar-refractivity contribution in [3.63, 3.8) is 0 Å². The second kappa shape index (κ2) is 7.90. The van der Waals surface area contributed by atoms with Crippen molar-refractivity contribution in [2.75, 3.05) is 24.5 Å². The Morgan fingerprint density at radius 1 is 1.13 bits per heavy atom. The molecule has 0 atom stereocenters. The van der Waals surface area contributed by atoms with Crippen LogP contribution in [0.15, 0.2) is 53.4 Å². The summed E-state index contributed by atoms with van der Waals surface area (Å²) >= 11 is 7.25. The van der Waals surface area contributed by atoms with Crippen molar-refractivity contribution < 1.29 is 22.7 Å². The van der Waals surface area contributed by atoms with Gasteiger partial charge in [-0.1, -0.05) is 35.9 Å². The third-order valence-electron chi connectivity index (χ3n) is 4.76. The molecule has 1 aliphatic heterocycles. The first-order chi connectivity index (χ1) is 14.3. The molecule has 30 heavy (non-hydrogen) atoms. The first kappa shape index (κ1) is 20.6. The summed E-state index contributed by atoms with van der Waals surface area (Å²) in [6.45, 7) is -0.640. The maximum atomic E-state index is 12.9. The summed E-state index contributed by atoms with van der Waals surface area (Å²) in [7, 11) is -2.27. The second-order valence-corrected chi connectivity index (χ2v) is 10.4. The number of carbonyl (C=O) groups excluding carboxylic acids is 2. The Kier molecular flexibility index (Phi) is 5.44. The van der Waals surface area contributed by atoms with Crippen LogP contribution in [-0.4, -0.2) is 45.4 Å². The van der Waals surface area contributed by atoms with Crippen LogP contribution in [0, 0.1) is 0 Å². The molecule has 0 spiro atoms. The van der Waals surface area contributed by atoms with Crippen LogP contribution in [0.1, 0.15) is 4.88 Å². The summed E-state index contributed by atoms with van der Waals surface area (Å²) in [5.74, 6) is -1.20. The van der Waals surface area contributed by atoms with E-state index >= 15 is 0 Å². The highest BCUT2D eigenvalue weighted by Crippen LogP contribution is 2.41. The summed E-state index contributed by atoms with van der Waals surface area (Å²) in [5.41, 5.74) is 0.429. The summed E-state index contributed by atoms with van der Waals surface area (Å²) in [4.78, 5) is 27.1. The van der Waals surface area contributed by atoms with Crippen molar-refractivity contribution >= 4 is 61.3 Å². The predicted octanol–water partition coefficient (Wildman–Crippen LogP) is 3.27. The van der Waals surface area contributed by atoms with Gasteiger partial charge in [-0.3, -0.25) is 13.9 Å². The quantitative estimate of drug-likeness (QED) is 0.523. The number of thiophene rings is 1. The summed E-state index contributed by atoms with van der Waals surface area (Å²) in [5, 5.41) is 1.35. The molecule has 1 amide bonds. The van der Waals surface area contributed by atoms with Gasteiger partial charge in [-0.15, -0.1) is 11.3 Å². The van der Waals surface area contributed by atoms with Crippen molar-refractivity contribution in [3.05, 3.63) is 57.7 Å². The maximum absolute atomic E-state index is 12.9. The Hall–Kier alpha value is -2.62. The first-order valence-corrected chi connectivity index (χ1v) is 11.6. The average molecular weight is 465 g/mol. The van der Waals surface area contributed by atoms with Crippen LogP contribution in [-0.2, 0) is 30.9 Å². The second-order valence-electron chi connectivity index (χ2n) is 6.76. The van der Waals surface area contributed by atoms with Crippen LogP contribution in [0.2, 0.25) is 4.34 Å². The van der Waals surface area contributed by atoms with Gasteiger partial charge in [0, 0.05) is 17.3 Å². The molecule has 0 bridgehead atoms. The number of hydrogen-bond acceptors (Lipinski definition) is 6. The van der Waals surface area contributed by atoms with E-state index in [1.54, 1.807) is 31.3 Å². The molecule has 0 radical (unpaired) electrons. The van der Waals surface area contributed by atoms with Crippen molar-refractivity contribution in [3.8, 4) is 0 Å². The third-order valence-corrected chi connectivity index (χ3v) is 7.78. The number of anilines is 1. The highest BCUT2D eigenvalue weighted by Gasteiger charge is 2.37. The minimum Gasteiger partial charge on any atom is -0.454 e. The fourth-order valence-corrected chi connectivity index (χ4v) is 6.10. The zero-order chi connectivity index (χ0) is 21.5. The molecule has 0 saturated heterocycles. The number of halogens is 1. The zero-order valence-electron chi connectivity index (χ0n) is 15.9. The Bertz CT molecular complexity index is 1250. The molecule has 4 rings (SSSR count). The lowest BCUT2D eigenvalue weighted by Gasteiger charge is -2.19. The molecule has 0 N–H and O–H groups in total. The number of carbonyl (C=O) groups is 2. The van der Waals surface area contributed by atoms with Gasteiger partial charge in [0.1, 0.15) is 6.54 Å². The van der Waals surface area contributed by atoms with Gasteiger partial charge in [-0.05, 0) is 29.7 Å². The smallest absolute Gasteiger partial charge is 0.327 e. The highest BCUT2D eigenvalue weighted by atomic mass is 35.5. The van der Waals surface area contributed by atoms with Gasteiger partial charge in [-0.2, -0.15) is 0 Å². The molecule has 10 heteroatoms. The van der Waals surface area contributed by atoms with Crippen LogP contribution in [0.3, 0.4) is 0 Å². The number of benzene rings is 2. The number of likely N-dealkylation sites (N-methyl/N-ethyl adjacent to an activating group) is 1. The largest absolute Gasteiger partial charge is 0.454 e. The molecule has 0 unspecified atom stereocenters. The lowest BCUT2D eigenvalue weighted by atomic mass is 10.1. The standard InChI is InChI=1S/C20H17ClN2O5S2/c1-22(10-14-8-9-17(21)29-14)18(24)12-28-19(25)11-23-15-6-2-4-13-5-3-7-16(20(13)15)30(23,26)27/h2-9H,10-12H2,1H3. The highest BCUT2D eigenvalue weighted by molar-refractivity contribution is 7.93. The molecule has 2 aromatic carbocycles. The van der Waals surface area contributed by atoms with Gasteiger partial charge in [0.05, 0.1) is 21.5 Å². The Morgan fingerprint density at radius 2 is 1.87 bits per heavy atom. The predicted molar refractivity (Wildman–Crippen MR) is 115 cm³/mol. The Balaban J connectivity index is 1.41. The van der Waals surface area contributed by atoms with Gasteiger partial charge >= 0.3 is 5.97 Å². The van der Waals surface area contributed by atoms with E-state index in [1.165, 1.54) is 22.3 Å². The third kappa shape index (κ3) is 3.76. The summed E-state index contributed by atoms with van der Waals surface area (Å²) in [6.07, 6.45) is 0. The molecular weight excluding hydrogens is 448 g/mol. The lowest BCUT2D eigenvalue weighted by Crippen LogP contribution is -2.36. The van der Waals surface area contributed by atoms with Gasteiger partial charge < -0.3 is 9.64 Å². The lowest BCUT2D eigenvalue weighted by molar-refractivity contribution is -0.150. The molecule has 2 heterocycles. The maximum Gasteiger partial charge on any atom is 0.327 e. The molecule has 1 aromatic heterocycles. The Morgan fingerprint density at radius 3 is 2.57 bits per heavy atom. The SMILES string of the molecule is CN(Cc1ccc(Cl)s1)C(=O)COC(=O)CN1c2cccc3cccc(c23)S1(=O)=O. The molecule has 7 nitrogen and oxygen atoms in total. The van der Waals surface area contributed by atoms with Gasteiger partial charge in [0.15, 0.2) is 6.61 Å². The fourth-order valence-electron chi connectivity index (χ4n) is 3.30. The number of rotatable bonds is 6. The van der Waals surface area contributed by atoms with Crippen molar-refractivity contribution in [1.82, 2.24) is 4.90 Å². The summed E-state index contributed by atoms with van der Waals surface area (Å²) < 4.78 is 32.5. The topological polar surface area (TPSA) is 84.0 Å². The molecule has 156 valence electrons. The number of esters is 1. The van der Waals surface area contributed by atoms with E-state index in [9.17, 15) is 18.0 Å². The van der Waals surface area contributed by atoms with Crippen LogP contribution >= 0.6 is 22.9 Å². The van der Waals surface area contributed by atoms with Crippen LogP contribution in [0.4, 0.5) is 5.69 Å². The van der Waals surface area contributed by atoms with E-state index in [4.69, 9.17) is 16.3 Å². The van der Waals surface area contributed by atoms with E-state index < -0.39 is 35.1 Å². The molecular formula is C20H17ClN2O5S2. The van der Waals surface area contributed by atoms with E-state index in [2.05, 4.69) is 0 Å². The number of nitrogens with zero attached hydrogens (tertiary/aromatic N) is 2. The summed E-state index contributed by atoms with van der Waals surface area (Å²) in [6, 6.07) is 13.8. The molecule has 3 aromatic rings. The normalized spacial score (nSPS) is 14.1. The first-order valence-electron chi connectivity index (χ1n) is 8.95. The average Bonchev–Trinajstić information content (AvgIpc) is 3.21. The molecule has 0 aliphatic carbocycles. The van der Waals surface area contributed by atoms with Crippen LogP contribution in [0.25, 0.3) is 10.8 Å². The molecule has 1 aliphatic rings. The van der Waals surface area contributed by atoms with Gasteiger partial charge in [0.2, 0.25) is 0 Å². The minimum atomic E-state index is -3.86. The van der Waals surface area contributed by atoms with Crippen LogP contribution in [0.5, 0.6) is 0 Å². The minimum absolute atomic E-state index is 0.161. The Labute approximate surface area is 182 Å². The van der Waals surface area contributed by atoms with Crippen molar-refractivity contribution in [2.45, 2.75) is 11.4 Å². The van der Waals surface area contributed by atoms with Crippen LogP contribution < -0.4 is 4.31 Å². The molecule has 0 saturated carbocycles. The van der Waals surface area contributed by atoms with Crippen molar-refractivity contribution in [1.29, 1.82) is 0 Å².